The molecule has 0 aromatic heterocycles. The highest BCUT2D eigenvalue weighted by Gasteiger charge is 2.36. The Bertz CT molecular complexity index is 422. The fraction of sp³-hybridized carbons (Fsp3) is 0.769. The fourth-order valence-electron chi connectivity index (χ4n) is 2.68. The lowest BCUT2D eigenvalue weighted by atomic mass is 10.2. The second-order valence-electron chi connectivity index (χ2n) is 5.54. The quantitative estimate of drug-likeness (QED) is 0.696. The van der Waals surface area contributed by atoms with Crippen molar-refractivity contribution in [3.63, 3.8) is 0 Å². The Hall–Kier alpha value is -1.83. The second kappa shape index (κ2) is 6.75. The lowest BCUT2D eigenvalue weighted by Crippen LogP contribution is -2.61. The number of carboxylic acids is 1. The molecule has 1 atom stereocenters. The Kier molecular flexibility index (Phi) is 5.00. The van der Waals surface area contributed by atoms with E-state index >= 15 is 0 Å². The van der Waals surface area contributed by atoms with Crippen LogP contribution in [0.2, 0.25) is 0 Å². The van der Waals surface area contributed by atoms with Gasteiger partial charge in [0.1, 0.15) is 12.6 Å². The van der Waals surface area contributed by atoms with E-state index in [0.717, 1.165) is 24.5 Å². The number of nitrogens with one attached hydrogen (secondary N) is 1. The van der Waals surface area contributed by atoms with Crippen molar-refractivity contribution in [3.05, 3.63) is 0 Å². The maximum absolute atomic E-state index is 12.4. The molecule has 0 saturated carbocycles. The van der Waals surface area contributed by atoms with Gasteiger partial charge >= 0.3 is 12.0 Å². The van der Waals surface area contributed by atoms with Crippen LogP contribution in [-0.4, -0.2) is 90.1 Å². The van der Waals surface area contributed by atoms with Crippen molar-refractivity contribution >= 4 is 17.9 Å². The molecule has 2 aliphatic rings. The number of nitrogens with zero attached hydrogens (tertiary/aromatic N) is 3. The van der Waals surface area contributed by atoms with Gasteiger partial charge in [0.15, 0.2) is 0 Å². The van der Waals surface area contributed by atoms with Gasteiger partial charge in [0.2, 0.25) is 5.91 Å². The number of carbonyl (C=O) groups excluding carboxylic acids is 2. The molecule has 3 amide bonds. The maximum Gasteiger partial charge on any atom is 0.328 e. The topological polar surface area (TPSA) is 93.2 Å². The summed E-state index contributed by atoms with van der Waals surface area (Å²) in [7, 11) is 1.64. The molecule has 21 heavy (non-hydrogen) atoms. The summed E-state index contributed by atoms with van der Waals surface area (Å²) in [5.74, 6) is -1.43. The minimum absolute atomic E-state index is 0.0418. The highest BCUT2D eigenvalue weighted by Crippen LogP contribution is 2.10. The van der Waals surface area contributed by atoms with Gasteiger partial charge in [-0.15, -0.1) is 0 Å². The fourth-order valence-corrected chi connectivity index (χ4v) is 2.68. The Morgan fingerprint density at radius 1 is 1.38 bits per heavy atom. The van der Waals surface area contributed by atoms with Gasteiger partial charge in [0, 0.05) is 26.7 Å². The molecule has 2 N–H and O–H groups in total. The van der Waals surface area contributed by atoms with E-state index in [1.54, 1.807) is 7.05 Å². The summed E-state index contributed by atoms with van der Waals surface area (Å²) in [6, 6.07) is -1.40. The lowest BCUT2D eigenvalue weighted by molar-refractivity contribution is -0.144. The molecule has 2 rings (SSSR count). The van der Waals surface area contributed by atoms with Crippen molar-refractivity contribution in [1.82, 2.24) is 20.0 Å². The van der Waals surface area contributed by atoms with Gasteiger partial charge in [-0.1, -0.05) is 0 Å². The van der Waals surface area contributed by atoms with Crippen LogP contribution in [-0.2, 0) is 9.59 Å². The number of aliphatic carboxylic acids is 1. The number of piperazine rings is 1. The maximum atomic E-state index is 12.4. The average Bonchev–Trinajstić information content (AvgIpc) is 2.96. The van der Waals surface area contributed by atoms with E-state index in [9.17, 15) is 14.4 Å². The third-order valence-corrected chi connectivity index (χ3v) is 3.99. The molecule has 0 aliphatic carbocycles. The third kappa shape index (κ3) is 3.84. The van der Waals surface area contributed by atoms with Gasteiger partial charge < -0.3 is 20.2 Å². The zero-order valence-electron chi connectivity index (χ0n) is 12.2. The summed E-state index contributed by atoms with van der Waals surface area (Å²) in [6.45, 7) is 3.16. The zero-order chi connectivity index (χ0) is 15.4. The molecule has 0 aromatic rings. The first-order valence-corrected chi connectivity index (χ1v) is 7.22. The Balaban J connectivity index is 1.91. The first-order chi connectivity index (χ1) is 9.99. The average molecular weight is 298 g/mol. The summed E-state index contributed by atoms with van der Waals surface area (Å²) < 4.78 is 0. The summed E-state index contributed by atoms with van der Waals surface area (Å²) in [5.41, 5.74) is 0. The molecule has 2 heterocycles. The van der Waals surface area contributed by atoms with E-state index in [0.29, 0.717) is 6.54 Å². The van der Waals surface area contributed by atoms with Crippen molar-refractivity contribution in [1.29, 1.82) is 0 Å². The number of urea groups is 1. The van der Waals surface area contributed by atoms with Crippen LogP contribution in [0.25, 0.3) is 0 Å². The number of likely N-dealkylation sites (tertiary alicyclic amines) is 1. The first-order valence-electron chi connectivity index (χ1n) is 7.22. The highest BCUT2D eigenvalue weighted by atomic mass is 16.4. The molecule has 1 unspecified atom stereocenters. The van der Waals surface area contributed by atoms with Crippen LogP contribution in [0.15, 0.2) is 0 Å². The molecule has 0 spiro atoms. The van der Waals surface area contributed by atoms with Crippen LogP contribution >= 0.6 is 0 Å². The van der Waals surface area contributed by atoms with Gasteiger partial charge in [-0.3, -0.25) is 9.69 Å². The van der Waals surface area contributed by atoms with Crippen molar-refractivity contribution in [2.45, 2.75) is 18.9 Å². The van der Waals surface area contributed by atoms with Crippen molar-refractivity contribution < 1.29 is 19.5 Å². The number of hydrogen-bond donors (Lipinski definition) is 2. The Labute approximate surface area is 123 Å². The number of rotatable bonds is 4. The normalized spacial score (nSPS) is 23.0. The molecule has 0 bridgehead atoms. The van der Waals surface area contributed by atoms with Crippen LogP contribution in [0, 0.1) is 0 Å². The van der Waals surface area contributed by atoms with Gasteiger partial charge in [-0.2, -0.15) is 0 Å². The van der Waals surface area contributed by atoms with Gasteiger partial charge in [-0.05, 0) is 25.9 Å². The molecule has 0 radical (unpaired) electrons. The molecule has 0 aromatic carbocycles. The SMILES string of the molecule is CN(CCN1CCCC1)C(=O)N1CC(=O)NCC1C(=O)O. The van der Waals surface area contributed by atoms with Crippen molar-refractivity contribution in [3.8, 4) is 0 Å². The van der Waals surface area contributed by atoms with E-state index in [4.69, 9.17) is 5.11 Å². The Morgan fingerprint density at radius 2 is 2.05 bits per heavy atom. The number of carboxylic acid groups (broad SMARTS) is 1. The second-order valence-corrected chi connectivity index (χ2v) is 5.54. The molecule has 8 nitrogen and oxygen atoms in total. The Morgan fingerprint density at radius 3 is 2.67 bits per heavy atom. The number of likely N-dealkylation sites (N-methyl/N-ethyl adjacent to an activating group) is 1. The molecular formula is C13H22N4O4. The van der Waals surface area contributed by atoms with E-state index in [2.05, 4.69) is 10.2 Å². The van der Waals surface area contributed by atoms with E-state index in [1.165, 1.54) is 17.7 Å². The minimum atomic E-state index is -1.10. The zero-order valence-corrected chi connectivity index (χ0v) is 12.2. The molecule has 2 fully saturated rings. The largest absolute Gasteiger partial charge is 0.480 e. The molecule has 2 aliphatic heterocycles. The van der Waals surface area contributed by atoms with Crippen LogP contribution in [0.5, 0.6) is 0 Å². The van der Waals surface area contributed by atoms with Gasteiger partial charge in [0.25, 0.3) is 0 Å². The third-order valence-electron chi connectivity index (χ3n) is 3.99. The van der Waals surface area contributed by atoms with E-state index in [-0.39, 0.29) is 19.0 Å². The van der Waals surface area contributed by atoms with Crippen LogP contribution in [0.1, 0.15) is 12.8 Å². The summed E-state index contributed by atoms with van der Waals surface area (Å²) in [5, 5.41) is 11.6. The molecule has 2 saturated heterocycles. The summed E-state index contributed by atoms with van der Waals surface area (Å²) in [4.78, 5) is 39.9. The summed E-state index contributed by atoms with van der Waals surface area (Å²) in [6.07, 6.45) is 2.37. The number of carbonyl (C=O) groups is 3. The summed E-state index contributed by atoms with van der Waals surface area (Å²) >= 11 is 0. The molecular weight excluding hydrogens is 276 g/mol. The minimum Gasteiger partial charge on any atom is -0.480 e. The van der Waals surface area contributed by atoms with Gasteiger partial charge in [-0.25, -0.2) is 9.59 Å². The van der Waals surface area contributed by atoms with Crippen LogP contribution < -0.4 is 5.32 Å². The van der Waals surface area contributed by atoms with E-state index in [1.807, 2.05) is 0 Å². The standard InChI is InChI=1S/C13H22N4O4/c1-15(6-7-16-4-2-3-5-16)13(21)17-9-11(18)14-8-10(17)12(19)20/h10H,2-9H2,1H3,(H,14,18)(H,19,20). The predicted octanol–water partition coefficient (Wildman–Crippen LogP) is -0.981. The predicted molar refractivity (Wildman–Crippen MR) is 74.8 cm³/mol. The number of hydrogen-bond acceptors (Lipinski definition) is 4. The van der Waals surface area contributed by atoms with Gasteiger partial charge in [0.05, 0.1) is 0 Å². The van der Waals surface area contributed by atoms with Crippen LogP contribution in [0.3, 0.4) is 0 Å². The molecule has 8 heteroatoms. The van der Waals surface area contributed by atoms with Crippen LogP contribution in [0.4, 0.5) is 4.79 Å². The van der Waals surface area contributed by atoms with Crippen molar-refractivity contribution in [2.24, 2.45) is 0 Å². The smallest absolute Gasteiger partial charge is 0.328 e. The number of amides is 3. The molecule has 118 valence electrons. The highest BCUT2D eigenvalue weighted by molar-refractivity contribution is 5.90. The van der Waals surface area contributed by atoms with E-state index < -0.39 is 18.0 Å². The van der Waals surface area contributed by atoms with Crippen molar-refractivity contribution in [2.75, 3.05) is 46.3 Å². The first kappa shape index (κ1) is 15.6. The lowest BCUT2D eigenvalue weighted by Gasteiger charge is -2.35. The monoisotopic (exact) mass is 298 g/mol.